The van der Waals surface area contributed by atoms with Crippen LogP contribution in [-0.4, -0.2) is 36.2 Å². The van der Waals surface area contributed by atoms with Crippen molar-refractivity contribution in [3.8, 4) is 0 Å². The fourth-order valence-electron chi connectivity index (χ4n) is 2.11. The molecule has 1 amide bonds. The maximum atomic E-state index is 11.3. The molecule has 2 aliphatic rings. The van der Waals surface area contributed by atoms with Crippen LogP contribution < -0.4 is 10.6 Å². The summed E-state index contributed by atoms with van der Waals surface area (Å²) in [6.07, 6.45) is 4.99. The first-order chi connectivity index (χ1) is 7.27. The highest BCUT2D eigenvalue weighted by Crippen LogP contribution is 2.28. The molecule has 0 aromatic carbocycles. The van der Waals surface area contributed by atoms with Crippen molar-refractivity contribution in [2.24, 2.45) is 5.92 Å². The summed E-state index contributed by atoms with van der Waals surface area (Å²) in [4.78, 5) is 11.3. The lowest BCUT2D eigenvalue weighted by molar-refractivity contribution is -0.122. The third-order valence-corrected chi connectivity index (χ3v) is 3.26. The molecule has 86 valence electrons. The molecular formula is C11H20N2O2. The molecule has 2 atom stereocenters. The van der Waals surface area contributed by atoms with Gasteiger partial charge in [0, 0.05) is 25.0 Å². The Morgan fingerprint density at radius 3 is 2.60 bits per heavy atom. The van der Waals surface area contributed by atoms with Crippen LogP contribution >= 0.6 is 0 Å². The number of aliphatic hydroxyl groups is 1. The molecule has 2 aliphatic carbocycles. The Hall–Kier alpha value is -0.610. The van der Waals surface area contributed by atoms with Crippen molar-refractivity contribution in [3.63, 3.8) is 0 Å². The van der Waals surface area contributed by atoms with Crippen LogP contribution in [0.5, 0.6) is 0 Å². The second kappa shape index (κ2) is 4.94. The quantitative estimate of drug-likeness (QED) is 0.563. The number of hydrogen-bond acceptors (Lipinski definition) is 3. The second-order valence-electron chi connectivity index (χ2n) is 4.62. The molecule has 0 aromatic rings. The molecule has 0 bridgehead atoms. The smallest absolute Gasteiger partial charge is 0.223 e. The summed E-state index contributed by atoms with van der Waals surface area (Å²) in [5, 5.41) is 15.7. The van der Waals surface area contributed by atoms with Crippen LogP contribution in [0.25, 0.3) is 0 Å². The number of carbonyl (C=O) groups excluding carboxylic acids is 1. The Bertz CT molecular complexity index is 229. The summed E-state index contributed by atoms with van der Waals surface area (Å²) in [6.45, 7) is 1.44. The fraction of sp³-hybridized carbons (Fsp3) is 0.909. The zero-order valence-corrected chi connectivity index (χ0v) is 9.04. The van der Waals surface area contributed by atoms with E-state index in [0.29, 0.717) is 12.5 Å². The lowest BCUT2D eigenvalue weighted by Crippen LogP contribution is -2.40. The van der Waals surface area contributed by atoms with Gasteiger partial charge < -0.3 is 15.7 Å². The molecule has 0 heterocycles. The largest absolute Gasteiger partial charge is 0.392 e. The minimum Gasteiger partial charge on any atom is -0.392 e. The molecule has 4 nitrogen and oxygen atoms in total. The van der Waals surface area contributed by atoms with Crippen LogP contribution in [0, 0.1) is 5.92 Å². The van der Waals surface area contributed by atoms with Crippen LogP contribution in [0.15, 0.2) is 0 Å². The molecule has 3 N–H and O–H groups in total. The van der Waals surface area contributed by atoms with Gasteiger partial charge in [-0.1, -0.05) is 0 Å². The van der Waals surface area contributed by atoms with E-state index in [4.69, 9.17) is 0 Å². The summed E-state index contributed by atoms with van der Waals surface area (Å²) in [5.74, 6) is 0.492. The minimum atomic E-state index is -0.191. The maximum absolute atomic E-state index is 11.3. The number of hydrogen-bond donors (Lipinski definition) is 3. The molecule has 0 saturated heterocycles. The van der Waals surface area contributed by atoms with Crippen molar-refractivity contribution < 1.29 is 9.90 Å². The van der Waals surface area contributed by atoms with E-state index in [0.717, 1.165) is 38.6 Å². The highest BCUT2D eigenvalue weighted by Gasteiger charge is 2.29. The minimum absolute atomic E-state index is 0.191. The third kappa shape index (κ3) is 3.18. The first-order valence-corrected chi connectivity index (χ1v) is 5.96. The number of nitrogens with one attached hydrogen (secondary N) is 2. The van der Waals surface area contributed by atoms with Crippen LogP contribution in [0.4, 0.5) is 0 Å². The Labute approximate surface area is 90.4 Å². The number of amides is 1. The van der Waals surface area contributed by atoms with Gasteiger partial charge in [-0.25, -0.2) is 0 Å². The number of rotatable bonds is 5. The van der Waals surface area contributed by atoms with Gasteiger partial charge in [-0.15, -0.1) is 0 Å². The summed E-state index contributed by atoms with van der Waals surface area (Å²) in [6, 6.07) is 0.239. The van der Waals surface area contributed by atoms with Crippen molar-refractivity contribution in [2.75, 3.05) is 13.1 Å². The highest BCUT2D eigenvalue weighted by molar-refractivity contribution is 5.80. The van der Waals surface area contributed by atoms with Crippen molar-refractivity contribution in [3.05, 3.63) is 0 Å². The van der Waals surface area contributed by atoms with Crippen molar-refractivity contribution >= 4 is 5.91 Å². The molecule has 15 heavy (non-hydrogen) atoms. The van der Waals surface area contributed by atoms with Crippen LogP contribution in [-0.2, 0) is 4.79 Å². The Kier molecular flexibility index (Phi) is 3.59. The van der Waals surface area contributed by atoms with E-state index in [1.165, 1.54) is 0 Å². The number of carbonyl (C=O) groups is 1. The highest BCUT2D eigenvalue weighted by atomic mass is 16.3. The predicted octanol–water partition coefficient (Wildman–Crippen LogP) is 0.0156. The maximum Gasteiger partial charge on any atom is 0.223 e. The summed E-state index contributed by atoms with van der Waals surface area (Å²) < 4.78 is 0. The summed E-state index contributed by atoms with van der Waals surface area (Å²) in [5.41, 5.74) is 0. The first-order valence-electron chi connectivity index (χ1n) is 5.96. The average Bonchev–Trinajstić information content (AvgIpc) is 2.99. The normalized spacial score (nSPS) is 30.5. The van der Waals surface area contributed by atoms with Gasteiger partial charge in [-0.3, -0.25) is 4.79 Å². The van der Waals surface area contributed by atoms with Gasteiger partial charge in [0.2, 0.25) is 5.91 Å². The average molecular weight is 212 g/mol. The van der Waals surface area contributed by atoms with Gasteiger partial charge in [0.1, 0.15) is 0 Å². The molecule has 0 spiro atoms. The molecule has 4 heteroatoms. The van der Waals surface area contributed by atoms with Crippen molar-refractivity contribution in [1.82, 2.24) is 10.6 Å². The van der Waals surface area contributed by atoms with Gasteiger partial charge in [-0.05, 0) is 32.1 Å². The molecule has 2 fully saturated rings. The Balaban J connectivity index is 1.52. The lowest BCUT2D eigenvalue weighted by atomic mass is 10.2. The second-order valence-corrected chi connectivity index (χ2v) is 4.62. The topological polar surface area (TPSA) is 61.4 Å². The van der Waals surface area contributed by atoms with Crippen molar-refractivity contribution in [1.29, 1.82) is 0 Å². The molecule has 0 aromatic heterocycles. The standard InChI is InChI=1S/C11H20N2O2/c14-10-3-1-2-9(10)12-6-7-13-11(15)8-4-5-8/h8-10,12,14H,1-7H2,(H,13,15)/t9-,10-/m0/s1. The summed E-state index contributed by atoms with van der Waals surface area (Å²) in [7, 11) is 0. The molecule has 0 radical (unpaired) electrons. The van der Waals surface area contributed by atoms with Crippen molar-refractivity contribution in [2.45, 2.75) is 44.2 Å². The van der Waals surface area contributed by atoms with Gasteiger partial charge in [-0.2, -0.15) is 0 Å². The fourth-order valence-corrected chi connectivity index (χ4v) is 2.11. The van der Waals surface area contributed by atoms with E-state index in [-0.39, 0.29) is 18.1 Å². The van der Waals surface area contributed by atoms with E-state index in [1.54, 1.807) is 0 Å². The predicted molar refractivity (Wildman–Crippen MR) is 57.4 cm³/mol. The van der Waals surface area contributed by atoms with Crippen LogP contribution in [0.1, 0.15) is 32.1 Å². The van der Waals surface area contributed by atoms with E-state index in [9.17, 15) is 9.90 Å². The van der Waals surface area contributed by atoms with Gasteiger partial charge in [0.05, 0.1) is 6.10 Å². The first kappa shape index (κ1) is 10.9. The van der Waals surface area contributed by atoms with Gasteiger partial charge in [0.15, 0.2) is 0 Å². The van der Waals surface area contributed by atoms with E-state index >= 15 is 0 Å². The zero-order chi connectivity index (χ0) is 10.7. The molecular weight excluding hydrogens is 192 g/mol. The summed E-state index contributed by atoms with van der Waals surface area (Å²) >= 11 is 0. The monoisotopic (exact) mass is 212 g/mol. The van der Waals surface area contributed by atoms with Gasteiger partial charge >= 0.3 is 0 Å². The van der Waals surface area contributed by atoms with Gasteiger partial charge in [0.25, 0.3) is 0 Å². The Morgan fingerprint density at radius 2 is 2.00 bits per heavy atom. The van der Waals surface area contributed by atoms with E-state index < -0.39 is 0 Å². The SMILES string of the molecule is O=C(NCCN[C@H]1CCC[C@@H]1O)C1CC1. The van der Waals surface area contributed by atoms with Crippen LogP contribution in [0.3, 0.4) is 0 Å². The number of aliphatic hydroxyl groups excluding tert-OH is 1. The molecule has 2 saturated carbocycles. The zero-order valence-electron chi connectivity index (χ0n) is 9.04. The molecule has 2 rings (SSSR count). The molecule has 0 unspecified atom stereocenters. The lowest BCUT2D eigenvalue weighted by Gasteiger charge is -2.16. The third-order valence-electron chi connectivity index (χ3n) is 3.26. The van der Waals surface area contributed by atoms with E-state index in [2.05, 4.69) is 10.6 Å². The van der Waals surface area contributed by atoms with E-state index in [1.807, 2.05) is 0 Å². The molecule has 0 aliphatic heterocycles. The van der Waals surface area contributed by atoms with Crippen LogP contribution in [0.2, 0.25) is 0 Å². The Morgan fingerprint density at radius 1 is 1.20 bits per heavy atom.